The Morgan fingerprint density at radius 1 is 1.00 bits per heavy atom. The van der Waals surface area contributed by atoms with Crippen molar-refractivity contribution in [2.24, 2.45) is 0 Å². The molecule has 0 saturated heterocycles. The molecule has 0 amide bonds. The van der Waals surface area contributed by atoms with E-state index < -0.39 is 0 Å². The van der Waals surface area contributed by atoms with Crippen molar-refractivity contribution in [3.63, 3.8) is 0 Å². The van der Waals surface area contributed by atoms with Gasteiger partial charge in [-0.05, 0) is 19.3 Å². The Morgan fingerprint density at radius 2 is 1.54 bits per heavy atom. The van der Waals surface area contributed by atoms with E-state index in [4.69, 9.17) is 11.6 Å². The van der Waals surface area contributed by atoms with Gasteiger partial charge in [0.2, 0.25) is 0 Å². The molecule has 1 heteroatoms. The highest BCUT2D eigenvalue weighted by molar-refractivity contribution is 6.17. The summed E-state index contributed by atoms with van der Waals surface area (Å²) >= 11 is 5.38. The Morgan fingerprint density at radius 3 is 1.85 bits per heavy atom. The molecule has 0 radical (unpaired) electrons. The smallest absolute Gasteiger partial charge is 0.0223 e. The fourth-order valence-corrected chi connectivity index (χ4v) is 1.07. The lowest BCUT2D eigenvalue weighted by atomic mass is 10.2. The third-order valence-corrected chi connectivity index (χ3v) is 2.02. The van der Waals surface area contributed by atoms with Crippen molar-refractivity contribution in [2.75, 3.05) is 5.88 Å². The average Bonchev–Trinajstić information content (AvgIpc) is 2.17. The molecule has 0 aliphatic rings. The molecule has 0 bridgehead atoms. The number of unbranched alkanes of at least 4 members (excludes halogenated alkanes) is 5. The van der Waals surface area contributed by atoms with Crippen molar-refractivity contribution in [2.45, 2.75) is 58.8 Å². The van der Waals surface area contributed by atoms with E-state index in [1.54, 1.807) is 0 Å². The van der Waals surface area contributed by atoms with Crippen LogP contribution in [-0.2, 0) is 0 Å². The predicted molar refractivity (Wildman–Crippen MR) is 64.6 cm³/mol. The van der Waals surface area contributed by atoms with E-state index in [1.807, 2.05) is 6.08 Å². The lowest BCUT2D eigenvalue weighted by Gasteiger charge is -1.87. The zero-order chi connectivity index (χ0) is 10.4. The van der Waals surface area contributed by atoms with E-state index in [0.717, 1.165) is 5.88 Å². The Balaban J connectivity index is 0. The van der Waals surface area contributed by atoms with Gasteiger partial charge in [-0.15, -0.1) is 18.2 Å². The maximum absolute atomic E-state index is 5.38. The first-order valence-corrected chi connectivity index (χ1v) is 6.03. The summed E-state index contributed by atoms with van der Waals surface area (Å²) in [6.07, 6.45) is 10.9. The van der Waals surface area contributed by atoms with Gasteiger partial charge in [-0.1, -0.05) is 45.6 Å². The number of halogens is 1. The highest BCUT2D eigenvalue weighted by Gasteiger charge is 1.77. The molecule has 0 fully saturated rings. The summed E-state index contributed by atoms with van der Waals surface area (Å²) in [5.74, 6) is 0.827. The number of rotatable bonds is 7. The Labute approximate surface area is 89.4 Å². The van der Waals surface area contributed by atoms with Crippen LogP contribution in [0.3, 0.4) is 0 Å². The van der Waals surface area contributed by atoms with E-state index >= 15 is 0 Å². The van der Waals surface area contributed by atoms with Gasteiger partial charge in [0, 0.05) is 5.88 Å². The molecule has 0 atom stereocenters. The molecule has 13 heavy (non-hydrogen) atoms. The second-order valence-corrected chi connectivity index (χ2v) is 3.56. The molecular formula is C12H25Cl. The van der Waals surface area contributed by atoms with Gasteiger partial charge in [0.25, 0.3) is 0 Å². The summed E-state index contributed by atoms with van der Waals surface area (Å²) in [5, 5.41) is 0. The minimum Gasteiger partial charge on any atom is -0.127 e. The van der Waals surface area contributed by atoms with Gasteiger partial charge in [-0.25, -0.2) is 0 Å². The third kappa shape index (κ3) is 24.5. The highest BCUT2D eigenvalue weighted by Crippen LogP contribution is 1.97. The minimum atomic E-state index is 0.827. The standard InChI is InChI=1S/C7H14.C5H11Cl/c1-3-5-7-6-4-2;1-2-3-4-5-6/h3H,1,4-7H2,2H3;2-5H2,1H3. The monoisotopic (exact) mass is 204 g/mol. The SMILES string of the molecule is C=CCCCCC.CCCCCCl. The average molecular weight is 205 g/mol. The first-order valence-electron chi connectivity index (χ1n) is 5.50. The molecule has 0 aliphatic carbocycles. The minimum absolute atomic E-state index is 0.827. The molecule has 0 spiro atoms. The molecule has 0 aliphatic heterocycles. The van der Waals surface area contributed by atoms with E-state index in [0.29, 0.717) is 0 Å². The van der Waals surface area contributed by atoms with E-state index in [9.17, 15) is 0 Å². The van der Waals surface area contributed by atoms with Gasteiger partial charge in [0.1, 0.15) is 0 Å². The topological polar surface area (TPSA) is 0 Å². The Kier molecular flexibility index (Phi) is 21.4. The molecule has 80 valence electrons. The summed E-state index contributed by atoms with van der Waals surface area (Å²) in [5.41, 5.74) is 0. The van der Waals surface area contributed by atoms with Crippen LogP contribution in [0.1, 0.15) is 58.8 Å². The zero-order valence-electron chi connectivity index (χ0n) is 9.32. The Hall–Kier alpha value is 0.0300. The lowest BCUT2D eigenvalue weighted by Crippen LogP contribution is -1.70. The summed E-state index contributed by atoms with van der Waals surface area (Å²) in [6.45, 7) is 8.02. The van der Waals surface area contributed by atoms with Crippen LogP contribution in [0.4, 0.5) is 0 Å². The number of hydrogen-bond acceptors (Lipinski definition) is 0. The molecule has 0 rings (SSSR count). The second-order valence-electron chi connectivity index (χ2n) is 3.18. The van der Waals surface area contributed by atoms with Crippen molar-refractivity contribution in [3.05, 3.63) is 12.7 Å². The van der Waals surface area contributed by atoms with Gasteiger partial charge >= 0.3 is 0 Å². The van der Waals surface area contributed by atoms with E-state index in [1.165, 1.54) is 44.9 Å². The van der Waals surface area contributed by atoms with Gasteiger partial charge in [0.05, 0.1) is 0 Å². The van der Waals surface area contributed by atoms with Crippen LogP contribution in [-0.4, -0.2) is 5.88 Å². The van der Waals surface area contributed by atoms with Gasteiger partial charge < -0.3 is 0 Å². The van der Waals surface area contributed by atoms with Crippen LogP contribution in [0.5, 0.6) is 0 Å². The summed E-state index contributed by atoms with van der Waals surface area (Å²) in [6, 6.07) is 0. The molecule has 0 N–H and O–H groups in total. The fourth-order valence-electron chi connectivity index (χ4n) is 0.883. The normalized spacial score (nSPS) is 8.85. The number of hydrogen-bond donors (Lipinski definition) is 0. The van der Waals surface area contributed by atoms with Crippen LogP contribution in [0.2, 0.25) is 0 Å². The van der Waals surface area contributed by atoms with Crippen molar-refractivity contribution in [1.29, 1.82) is 0 Å². The van der Waals surface area contributed by atoms with Crippen LogP contribution in [0.25, 0.3) is 0 Å². The molecule has 0 nitrogen and oxygen atoms in total. The third-order valence-electron chi connectivity index (χ3n) is 1.75. The van der Waals surface area contributed by atoms with E-state index in [-0.39, 0.29) is 0 Å². The first-order chi connectivity index (χ1) is 6.33. The second kappa shape index (κ2) is 17.9. The van der Waals surface area contributed by atoms with Crippen LogP contribution < -0.4 is 0 Å². The molecule has 0 aromatic carbocycles. The van der Waals surface area contributed by atoms with Crippen LogP contribution in [0, 0.1) is 0 Å². The molecule has 0 saturated carbocycles. The summed E-state index contributed by atoms with van der Waals surface area (Å²) in [7, 11) is 0. The zero-order valence-corrected chi connectivity index (χ0v) is 10.1. The largest absolute Gasteiger partial charge is 0.127 e. The van der Waals surface area contributed by atoms with Crippen LogP contribution in [0.15, 0.2) is 12.7 Å². The Bertz CT molecular complexity index is 75.2. The van der Waals surface area contributed by atoms with Crippen molar-refractivity contribution >= 4 is 11.6 Å². The van der Waals surface area contributed by atoms with Gasteiger partial charge in [0.15, 0.2) is 0 Å². The highest BCUT2D eigenvalue weighted by atomic mass is 35.5. The summed E-state index contributed by atoms with van der Waals surface area (Å²) < 4.78 is 0. The predicted octanol–water partition coefficient (Wildman–Crippen LogP) is 5.17. The molecule has 0 aromatic heterocycles. The van der Waals surface area contributed by atoms with Crippen molar-refractivity contribution in [1.82, 2.24) is 0 Å². The molecule has 0 aromatic rings. The molecule has 0 unspecified atom stereocenters. The maximum atomic E-state index is 5.38. The first kappa shape index (κ1) is 15.5. The number of allylic oxidation sites excluding steroid dienone is 1. The fraction of sp³-hybridized carbons (Fsp3) is 0.833. The van der Waals surface area contributed by atoms with Gasteiger partial charge in [-0.2, -0.15) is 0 Å². The number of alkyl halides is 1. The maximum Gasteiger partial charge on any atom is 0.0223 e. The van der Waals surface area contributed by atoms with Gasteiger partial charge in [-0.3, -0.25) is 0 Å². The summed E-state index contributed by atoms with van der Waals surface area (Å²) in [4.78, 5) is 0. The van der Waals surface area contributed by atoms with Crippen molar-refractivity contribution < 1.29 is 0 Å². The molecular weight excluding hydrogens is 180 g/mol. The quantitative estimate of drug-likeness (QED) is 0.305. The van der Waals surface area contributed by atoms with E-state index in [2.05, 4.69) is 20.4 Å². The molecule has 0 heterocycles. The lowest BCUT2D eigenvalue weighted by molar-refractivity contribution is 0.730. The van der Waals surface area contributed by atoms with Crippen LogP contribution >= 0.6 is 11.6 Å². The van der Waals surface area contributed by atoms with Crippen molar-refractivity contribution in [3.8, 4) is 0 Å².